The van der Waals surface area contributed by atoms with Crippen molar-refractivity contribution in [3.05, 3.63) is 34.9 Å². The normalized spacial score (nSPS) is 19.1. The molecule has 3 nitrogen and oxygen atoms in total. The van der Waals surface area contributed by atoms with Gasteiger partial charge in [-0.2, -0.15) is 0 Å². The molecule has 0 saturated carbocycles. The molecule has 1 atom stereocenters. The number of nitrogens with one attached hydrogen (secondary N) is 1. The van der Waals surface area contributed by atoms with E-state index < -0.39 is 0 Å². The Labute approximate surface area is 126 Å². The summed E-state index contributed by atoms with van der Waals surface area (Å²) in [7, 11) is 0. The number of likely N-dealkylation sites (tertiary alicyclic amines) is 1. The zero-order valence-corrected chi connectivity index (χ0v) is 12.9. The highest BCUT2D eigenvalue weighted by molar-refractivity contribution is 6.30. The predicted octanol–water partition coefficient (Wildman–Crippen LogP) is 2.84. The Kier molecular flexibility index (Phi) is 6.30. The average Bonchev–Trinajstić information content (AvgIpc) is 2.48. The van der Waals surface area contributed by atoms with E-state index in [2.05, 4.69) is 17.1 Å². The van der Waals surface area contributed by atoms with Crippen LogP contribution in [0.2, 0.25) is 5.02 Å². The van der Waals surface area contributed by atoms with E-state index in [1.54, 1.807) is 0 Å². The minimum atomic E-state index is 0.00925. The zero-order chi connectivity index (χ0) is 14.4. The third-order valence-corrected chi connectivity index (χ3v) is 4.27. The first-order chi connectivity index (χ1) is 9.72. The monoisotopic (exact) mass is 296 g/mol. The Bertz CT molecular complexity index is 388. The maximum atomic E-state index is 9.61. The fraction of sp³-hybridized carbons (Fsp3) is 0.625. The predicted molar refractivity (Wildman–Crippen MR) is 84.2 cm³/mol. The quantitative estimate of drug-likeness (QED) is 0.847. The molecule has 0 bridgehead atoms. The molecule has 112 valence electrons. The molecule has 4 heteroatoms. The molecule has 1 aliphatic heterocycles. The van der Waals surface area contributed by atoms with Crippen LogP contribution in [0, 0.1) is 0 Å². The Hall–Kier alpha value is -0.610. The summed E-state index contributed by atoms with van der Waals surface area (Å²) in [5, 5.41) is 13.9. The van der Waals surface area contributed by atoms with Crippen LogP contribution in [0.15, 0.2) is 24.3 Å². The van der Waals surface area contributed by atoms with Gasteiger partial charge in [-0.1, -0.05) is 30.7 Å². The van der Waals surface area contributed by atoms with E-state index in [0.717, 1.165) is 36.5 Å². The van der Waals surface area contributed by atoms with Gasteiger partial charge in [0.05, 0.1) is 12.6 Å². The summed E-state index contributed by atoms with van der Waals surface area (Å²) < 4.78 is 0. The molecule has 1 heterocycles. The van der Waals surface area contributed by atoms with Crippen LogP contribution in [0.1, 0.15) is 37.8 Å². The first kappa shape index (κ1) is 15.8. The van der Waals surface area contributed by atoms with Crippen LogP contribution in [0.4, 0.5) is 0 Å². The number of hydrogen-bond acceptors (Lipinski definition) is 3. The summed E-state index contributed by atoms with van der Waals surface area (Å²) in [5.74, 6) is 0. The second-order valence-electron chi connectivity index (χ2n) is 5.57. The molecule has 0 aliphatic carbocycles. The Balaban J connectivity index is 1.86. The largest absolute Gasteiger partial charge is 0.394 e. The van der Waals surface area contributed by atoms with Crippen molar-refractivity contribution in [1.82, 2.24) is 10.2 Å². The molecule has 1 fully saturated rings. The second kappa shape index (κ2) is 7.99. The molecule has 0 unspecified atom stereocenters. The number of rotatable bonds is 6. The molecule has 0 radical (unpaired) electrons. The van der Waals surface area contributed by atoms with Crippen molar-refractivity contribution in [1.29, 1.82) is 0 Å². The summed E-state index contributed by atoms with van der Waals surface area (Å²) in [6.45, 7) is 5.87. The van der Waals surface area contributed by atoms with Crippen LogP contribution < -0.4 is 5.32 Å². The smallest absolute Gasteiger partial charge is 0.0626 e. The van der Waals surface area contributed by atoms with Crippen LogP contribution in [0.3, 0.4) is 0 Å². The minimum Gasteiger partial charge on any atom is -0.394 e. The Morgan fingerprint density at radius 2 is 1.95 bits per heavy atom. The van der Waals surface area contributed by atoms with Crippen molar-refractivity contribution >= 4 is 11.6 Å². The van der Waals surface area contributed by atoms with Crippen LogP contribution in [0.25, 0.3) is 0 Å². The fourth-order valence-electron chi connectivity index (χ4n) is 2.87. The van der Waals surface area contributed by atoms with Gasteiger partial charge in [0.25, 0.3) is 0 Å². The molecule has 1 aromatic carbocycles. The highest BCUT2D eigenvalue weighted by Gasteiger charge is 2.21. The van der Waals surface area contributed by atoms with Crippen LogP contribution in [-0.2, 0) is 0 Å². The van der Waals surface area contributed by atoms with Gasteiger partial charge in [-0.3, -0.25) is 0 Å². The number of hydrogen-bond donors (Lipinski definition) is 2. The van der Waals surface area contributed by atoms with Crippen LogP contribution >= 0.6 is 11.6 Å². The highest BCUT2D eigenvalue weighted by Crippen LogP contribution is 2.19. The summed E-state index contributed by atoms with van der Waals surface area (Å²) in [6.07, 6.45) is 3.54. The number of benzene rings is 1. The minimum absolute atomic E-state index is 0.00925. The summed E-state index contributed by atoms with van der Waals surface area (Å²) in [4.78, 5) is 2.52. The molecular formula is C16H25ClN2O. The van der Waals surface area contributed by atoms with Gasteiger partial charge in [0.2, 0.25) is 0 Å². The van der Waals surface area contributed by atoms with Gasteiger partial charge in [0.15, 0.2) is 0 Å². The van der Waals surface area contributed by atoms with E-state index in [9.17, 15) is 5.11 Å². The van der Waals surface area contributed by atoms with E-state index in [1.807, 2.05) is 24.3 Å². The molecule has 0 amide bonds. The average molecular weight is 297 g/mol. The molecular weight excluding hydrogens is 272 g/mol. The van der Waals surface area contributed by atoms with Gasteiger partial charge in [0.1, 0.15) is 0 Å². The van der Waals surface area contributed by atoms with Gasteiger partial charge in [0, 0.05) is 11.1 Å². The highest BCUT2D eigenvalue weighted by atomic mass is 35.5. The van der Waals surface area contributed by atoms with Gasteiger partial charge in [-0.05, 0) is 56.6 Å². The Morgan fingerprint density at radius 3 is 2.50 bits per heavy atom. The molecule has 2 rings (SSSR count). The van der Waals surface area contributed by atoms with E-state index in [1.165, 1.54) is 13.0 Å². The van der Waals surface area contributed by atoms with E-state index in [4.69, 9.17) is 11.6 Å². The van der Waals surface area contributed by atoms with Crippen LogP contribution in [0.5, 0.6) is 0 Å². The maximum absolute atomic E-state index is 9.61. The van der Waals surface area contributed by atoms with Crippen molar-refractivity contribution in [3.8, 4) is 0 Å². The number of nitrogens with zero attached hydrogens (tertiary/aromatic N) is 1. The van der Waals surface area contributed by atoms with Gasteiger partial charge in [-0.25, -0.2) is 0 Å². The summed E-state index contributed by atoms with van der Waals surface area (Å²) in [6, 6.07) is 8.24. The van der Waals surface area contributed by atoms with Crippen molar-refractivity contribution in [3.63, 3.8) is 0 Å². The first-order valence-corrected chi connectivity index (χ1v) is 7.95. The maximum Gasteiger partial charge on any atom is 0.0626 e. The number of aliphatic hydroxyl groups is 1. The van der Waals surface area contributed by atoms with Gasteiger partial charge in [-0.15, -0.1) is 0 Å². The molecule has 20 heavy (non-hydrogen) atoms. The lowest BCUT2D eigenvalue weighted by Crippen LogP contribution is -2.44. The molecule has 0 spiro atoms. The van der Waals surface area contributed by atoms with Crippen molar-refractivity contribution in [2.24, 2.45) is 0 Å². The Morgan fingerprint density at radius 1 is 1.30 bits per heavy atom. The van der Waals surface area contributed by atoms with Crippen molar-refractivity contribution in [2.75, 3.05) is 26.2 Å². The molecule has 1 aromatic rings. The van der Waals surface area contributed by atoms with Crippen LogP contribution in [-0.4, -0.2) is 42.3 Å². The molecule has 0 aromatic heterocycles. The summed E-state index contributed by atoms with van der Waals surface area (Å²) >= 11 is 5.91. The number of piperidine rings is 1. The van der Waals surface area contributed by atoms with Crippen molar-refractivity contribution in [2.45, 2.75) is 38.3 Å². The van der Waals surface area contributed by atoms with E-state index in [0.29, 0.717) is 6.04 Å². The third-order valence-electron chi connectivity index (χ3n) is 4.02. The topological polar surface area (TPSA) is 35.5 Å². The zero-order valence-electron chi connectivity index (χ0n) is 12.2. The molecule has 2 N–H and O–H groups in total. The lowest BCUT2D eigenvalue weighted by Gasteiger charge is -2.34. The number of halogens is 1. The SMILES string of the molecule is CCCN1CCC(N[C@@H](CO)c2ccc(Cl)cc2)CC1. The molecule has 1 saturated heterocycles. The van der Waals surface area contributed by atoms with E-state index in [-0.39, 0.29) is 12.6 Å². The second-order valence-corrected chi connectivity index (χ2v) is 6.01. The fourth-order valence-corrected chi connectivity index (χ4v) is 3.00. The first-order valence-electron chi connectivity index (χ1n) is 7.57. The molecule has 1 aliphatic rings. The van der Waals surface area contributed by atoms with Gasteiger partial charge >= 0.3 is 0 Å². The summed E-state index contributed by atoms with van der Waals surface area (Å²) in [5.41, 5.74) is 1.10. The number of aliphatic hydroxyl groups excluding tert-OH is 1. The standard InChI is InChI=1S/C16H25ClN2O/c1-2-9-19-10-7-15(8-11-19)18-16(12-20)13-3-5-14(17)6-4-13/h3-6,15-16,18,20H,2,7-12H2,1H3/t16-/m0/s1. The lowest BCUT2D eigenvalue weighted by molar-refractivity contribution is 0.172. The third kappa shape index (κ3) is 4.45. The lowest BCUT2D eigenvalue weighted by atomic mass is 10.0. The van der Waals surface area contributed by atoms with Crippen molar-refractivity contribution < 1.29 is 5.11 Å². The van der Waals surface area contributed by atoms with E-state index >= 15 is 0 Å². The van der Waals surface area contributed by atoms with Gasteiger partial charge < -0.3 is 15.3 Å².